The van der Waals surface area contributed by atoms with Crippen LogP contribution < -0.4 is 4.74 Å². The number of carbonyl (C=O) groups is 1. The maximum absolute atomic E-state index is 12.7. The zero-order valence-electron chi connectivity index (χ0n) is 12.0. The van der Waals surface area contributed by atoms with Crippen LogP contribution in [0.2, 0.25) is 0 Å². The van der Waals surface area contributed by atoms with Crippen LogP contribution in [0.3, 0.4) is 0 Å². The number of rotatable bonds is 5. The summed E-state index contributed by atoms with van der Waals surface area (Å²) in [6.45, 7) is 4.50. The van der Waals surface area contributed by atoms with Gasteiger partial charge in [-0.05, 0) is 49.4 Å². The van der Waals surface area contributed by atoms with Crippen molar-refractivity contribution in [1.29, 1.82) is 0 Å². The highest BCUT2D eigenvalue weighted by Crippen LogP contribution is 2.17. The Morgan fingerprint density at radius 2 is 1.95 bits per heavy atom. The van der Waals surface area contributed by atoms with Crippen LogP contribution in [0.15, 0.2) is 24.3 Å². The first-order valence-electron chi connectivity index (χ1n) is 7.31. The minimum absolute atomic E-state index is 0.222. The lowest BCUT2D eigenvalue weighted by molar-refractivity contribution is -0.132. The van der Waals surface area contributed by atoms with Gasteiger partial charge in [-0.1, -0.05) is 6.92 Å². The molecule has 0 aromatic heterocycles. The van der Waals surface area contributed by atoms with Gasteiger partial charge in [0.15, 0.2) is 0 Å². The van der Waals surface area contributed by atoms with Crippen molar-refractivity contribution in [3.8, 4) is 5.75 Å². The van der Waals surface area contributed by atoms with Gasteiger partial charge >= 0.3 is 0 Å². The normalized spacial score (nSPS) is 16.2. The van der Waals surface area contributed by atoms with Crippen LogP contribution in [0, 0.1) is 11.7 Å². The lowest BCUT2D eigenvalue weighted by Crippen LogP contribution is -2.37. The zero-order valence-corrected chi connectivity index (χ0v) is 12.0. The number of nitrogens with zero attached hydrogens (tertiary/aromatic N) is 1. The summed E-state index contributed by atoms with van der Waals surface area (Å²) >= 11 is 0. The van der Waals surface area contributed by atoms with E-state index in [2.05, 4.69) is 6.92 Å². The second-order valence-corrected chi connectivity index (χ2v) is 5.47. The fraction of sp³-hybridized carbons (Fsp3) is 0.562. The third-order valence-electron chi connectivity index (χ3n) is 3.75. The molecule has 20 heavy (non-hydrogen) atoms. The SMILES string of the molecule is CC1CCN(C(=O)CCCOc2ccc(F)cc2)CC1. The lowest BCUT2D eigenvalue weighted by atomic mass is 9.99. The summed E-state index contributed by atoms with van der Waals surface area (Å²) in [4.78, 5) is 13.9. The molecule has 0 aliphatic carbocycles. The molecule has 4 heteroatoms. The van der Waals surface area contributed by atoms with Gasteiger partial charge in [-0.2, -0.15) is 0 Å². The predicted octanol–water partition coefficient (Wildman–Crippen LogP) is 3.24. The lowest BCUT2D eigenvalue weighted by Gasteiger charge is -2.30. The topological polar surface area (TPSA) is 29.5 Å². The van der Waals surface area contributed by atoms with E-state index >= 15 is 0 Å². The van der Waals surface area contributed by atoms with Crippen molar-refractivity contribution in [3.05, 3.63) is 30.1 Å². The van der Waals surface area contributed by atoms with E-state index in [9.17, 15) is 9.18 Å². The molecule has 0 bridgehead atoms. The van der Waals surface area contributed by atoms with E-state index in [1.54, 1.807) is 12.1 Å². The van der Waals surface area contributed by atoms with Gasteiger partial charge in [-0.25, -0.2) is 4.39 Å². The first-order chi connectivity index (χ1) is 9.65. The predicted molar refractivity (Wildman–Crippen MR) is 76.1 cm³/mol. The van der Waals surface area contributed by atoms with E-state index in [4.69, 9.17) is 4.74 Å². The van der Waals surface area contributed by atoms with Crippen LogP contribution in [-0.4, -0.2) is 30.5 Å². The zero-order chi connectivity index (χ0) is 14.4. The Morgan fingerprint density at radius 3 is 2.60 bits per heavy atom. The quantitative estimate of drug-likeness (QED) is 0.774. The molecule has 3 nitrogen and oxygen atoms in total. The molecule has 0 atom stereocenters. The van der Waals surface area contributed by atoms with Crippen LogP contribution in [0.1, 0.15) is 32.6 Å². The monoisotopic (exact) mass is 279 g/mol. The second kappa shape index (κ2) is 7.27. The van der Waals surface area contributed by atoms with Crippen molar-refractivity contribution >= 4 is 5.91 Å². The molecule has 0 unspecified atom stereocenters. The summed E-state index contributed by atoms with van der Waals surface area (Å²) in [5.41, 5.74) is 0. The molecule has 2 rings (SSSR count). The summed E-state index contributed by atoms with van der Waals surface area (Å²) in [6.07, 6.45) is 3.44. The van der Waals surface area contributed by atoms with E-state index < -0.39 is 0 Å². The highest BCUT2D eigenvalue weighted by molar-refractivity contribution is 5.76. The van der Waals surface area contributed by atoms with Crippen molar-refractivity contribution in [1.82, 2.24) is 4.90 Å². The molecule has 1 aliphatic heterocycles. The third kappa shape index (κ3) is 4.51. The Morgan fingerprint density at radius 1 is 1.30 bits per heavy atom. The number of hydrogen-bond acceptors (Lipinski definition) is 2. The number of amides is 1. The highest BCUT2D eigenvalue weighted by Gasteiger charge is 2.19. The summed E-state index contributed by atoms with van der Waals surface area (Å²) in [7, 11) is 0. The molecule has 0 radical (unpaired) electrons. The van der Waals surface area contributed by atoms with Gasteiger partial charge in [0.25, 0.3) is 0 Å². The molecule has 1 amide bonds. The molecule has 0 saturated carbocycles. The van der Waals surface area contributed by atoms with Crippen molar-refractivity contribution in [2.75, 3.05) is 19.7 Å². The van der Waals surface area contributed by atoms with E-state index in [1.165, 1.54) is 12.1 Å². The molecule has 1 aromatic rings. The average Bonchev–Trinajstić information content (AvgIpc) is 2.46. The fourth-order valence-electron chi connectivity index (χ4n) is 2.36. The molecular weight excluding hydrogens is 257 g/mol. The first kappa shape index (κ1) is 14.8. The number of hydrogen-bond donors (Lipinski definition) is 0. The smallest absolute Gasteiger partial charge is 0.222 e. The molecule has 1 heterocycles. The summed E-state index contributed by atoms with van der Waals surface area (Å²) in [6, 6.07) is 5.94. The Labute approximate surface area is 119 Å². The summed E-state index contributed by atoms with van der Waals surface area (Å²) < 4.78 is 18.2. The number of carbonyl (C=O) groups excluding carboxylic acids is 1. The number of benzene rings is 1. The van der Waals surface area contributed by atoms with Gasteiger partial charge in [0, 0.05) is 19.5 Å². The number of piperidine rings is 1. The third-order valence-corrected chi connectivity index (χ3v) is 3.75. The van der Waals surface area contributed by atoms with Gasteiger partial charge in [0.05, 0.1) is 6.61 Å². The average molecular weight is 279 g/mol. The standard InChI is InChI=1S/C16H22FNO2/c1-13-8-10-18(11-9-13)16(19)3-2-12-20-15-6-4-14(17)5-7-15/h4-7,13H,2-3,8-12H2,1H3. The van der Waals surface area contributed by atoms with Crippen molar-refractivity contribution in [2.24, 2.45) is 5.92 Å². The molecule has 110 valence electrons. The molecular formula is C16H22FNO2. The maximum atomic E-state index is 12.7. The van der Waals surface area contributed by atoms with Crippen molar-refractivity contribution in [3.63, 3.8) is 0 Å². The van der Waals surface area contributed by atoms with Crippen LogP contribution in [0.4, 0.5) is 4.39 Å². The Kier molecular flexibility index (Phi) is 5.39. The van der Waals surface area contributed by atoms with Crippen molar-refractivity contribution in [2.45, 2.75) is 32.6 Å². The Bertz CT molecular complexity index is 425. The molecule has 1 aliphatic rings. The molecule has 1 saturated heterocycles. The molecule has 0 spiro atoms. The van der Waals surface area contributed by atoms with E-state index in [0.29, 0.717) is 25.2 Å². The van der Waals surface area contributed by atoms with Gasteiger partial charge < -0.3 is 9.64 Å². The second-order valence-electron chi connectivity index (χ2n) is 5.47. The van der Waals surface area contributed by atoms with Crippen LogP contribution >= 0.6 is 0 Å². The molecule has 1 fully saturated rings. The minimum Gasteiger partial charge on any atom is -0.494 e. The van der Waals surface area contributed by atoms with Crippen LogP contribution in [0.25, 0.3) is 0 Å². The van der Waals surface area contributed by atoms with Gasteiger partial charge in [-0.15, -0.1) is 0 Å². The molecule has 0 N–H and O–H groups in total. The Hall–Kier alpha value is -1.58. The summed E-state index contributed by atoms with van der Waals surface area (Å²) in [5.74, 6) is 1.33. The van der Waals surface area contributed by atoms with E-state index in [0.717, 1.165) is 31.8 Å². The van der Waals surface area contributed by atoms with Gasteiger partial charge in [-0.3, -0.25) is 4.79 Å². The molecule has 1 aromatic carbocycles. The van der Waals surface area contributed by atoms with E-state index in [-0.39, 0.29) is 11.7 Å². The van der Waals surface area contributed by atoms with Crippen LogP contribution in [0.5, 0.6) is 5.75 Å². The number of likely N-dealkylation sites (tertiary alicyclic amines) is 1. The number of ether oxygens (including phenoxy) is 1. The number of halogens is 1. The van der Waals surface area contributed by atoms with Gasteiger partial charge in [0.2, 0.25) is 5.91 Å². The largest absolute Gasteiger partial charge is 0.494 e. The minimum atomic E-state index is -0.271. The van der Waals surface area contributed by atoms with Gasteiger partial charge in [0.1, 0.15) is 11.6 Å². The summed E-state index contributed by atoms with van der Waals surface area (Å²) in [5, 5.41) is 0. The van der Waals surface area contributed by atoms with Crippen molar-refractivity contribution < 1.29 is 13.9 Å². The highest BCUT2D eigenvalue weighted by atomic mass is 19.1. The van der Waals surface area contributed by atoms with Crippen LogP contribution in [-0.2, 0) is 4.79 Å². The first-order valence-corrected chi connectivity index (χ1v) is 7.31. The van der Waals surface area contributed by atoms with E-state index in [1.807, 2.05) is 4.90 Å². The maximum Gasteiger partial charge on any atom is 0.222 e. The fourth-order valence-corrected chi connectivity index (χ4v) is 2.36. The Balaban J connectivity index is 1.63.